The van der Waals surface area contributed by atoms with Crippen LogP contribution in [0.1, 0.15) is 46.6 Å². The average Bonchev–Trinajstić information content (AvgIpc) is 2.71. The molecule has 7 heteroatoms. The Labute approximate surface area is 176 Å². The van der Waals surface area contributed by atoms with Crippen LogP contribution in [0.5, 0.6) is 5.75 Å². The fourth-order valence-electron chi connectivity index (χ4n) is 3.96. The minimum atomic E-state index is -2.12. The molecule has 0 amide bonds. The van der Waals surface area contributed by atoms with Gasteiger partial charge in [0.25, 0.3) is 0 Å². The molecule has 0 saturated heterocycles. The summed E-state index contributed by atoms with van der Waals surface area (Å²) >= 11 is 0. The van der Waals surface area contributed by atoms with Crippen molar-refractivity contribution in [2.45, 2.75) is 59.0 Å². The lowest BCUT2D eigenvalue weighted by atomic mass is 9.57. The van der Waals surface area contributed by atoms with Gasteiger partial charge in [0, 0.05) is 6.42 Å². The topological polar surface area (TPSA) is 91.3 Å². The van der Waals surface area contributed by atoms with Crippen LogP contribution >= 0.6 is 0 Å². The molecule has 1 aromatic carbocycles. The normalized spacial score (nSPS) is 29.9. The zero-order valence-corrected chi connectivity index (χ0v) is 18.4. The minimum Gasteiger partial charge on any atom is -0.497 e. The number of hydrogen-bond donors (Lipinski definition) is 1. The third kappa shape index (κ3) is 3.60. The van der Waals surface area contributed by atoms with Gasteiger partial charge < -0.3 is 14.6 Å². The Balaban J connectivity index is 1.72. The average molecular weight is 418 g/mol. The molecule has 1 N–H and O–H groups in total. The highest BCUT2D eigenvalue weighted by atomic mass is 17.2. The highest BCUT2D eigenvalue weighted by Gasteiger charge is 2.67. The molecule has 2 aliphatic rings. The number of methoxy groups -OCH3 is 1. The number of hydrogen-bond acceptors (Lipinski definition) is 7. The zero-order chi connectivity index (χ0) is 22.4. The third-order valence-electron chi connectivity index (χ3n) is 6.13. The van der Waals surface area contributed by atoms with E-state index in [9.17, 15) is 14.7 Å². The van der Waals surface area contributed by atoms with E-state index in [-0.39, 0.29) is 5.57 Å². The van der Waals surface area contributed by atoms with Gasteiger partial charge in [-0.25, -0.2) is 4.89 Å². The molecule has 164 valence electrons. The predicted octanol–water partition coefficient (Wildman–Crippen LogP) is 3.14. The summed E-state index contributed by atoms with van der Waals surface area (Å²) in [5, 5.41) is 11.1. The Bertz CT molecular complexity index is 868. The highest BCUT2D eigenvalue weighted by Crippen LogP contribution is 2.53. The molecule has 2 atom stereocenters. The molecular formula is C23H30O7. The van der Waals surface area contributed by atoms with E-state index in [1.807, 2.05) is 24.3 Å². The van der Waals surface area contributed by atoms with Gasteiger partial charge in [-0.1, -0.05) is 12.1 Å². The second-order valence-corrected chi connectivity index (χ2v) is 9.24. The van der Waals surface area contributed by atoms with Crippen LogP contribution < -0.4 is 4.74 Å². The summed E-state index contributed by atoms with van der Waals surface area (Å²) < 4.78 is 10.9. The van der Waals surface area contributed by atoms with E-state index >= 15 is 0 Å². The van der Waals surface area contributed by atoms with Gasteiger partial charge in [0.15, 0.2) is 11.6 Å². The maximum absolute atomic E-state index is 13.0. The van der Waals surface area contributed by atoms with Gasteiger partial charge in [0.05, 0.1) is 36.7 Å². The van der Waals surface area contributed by atoms with Crippen LogP contribution in [0, 0.1) is 10.8 Å². The maximum Gasteiger partial charge on any atom is 0.240 e. The fraction of sp³-hybridized carbons (Fsp3) is 0.565. The molecule has 0 spiro atoms. The second-order valence-electron chi connectivity index (χ2n) is 9.24. The van der Waals surface area contributed by atoms with Crippen molar-refractivity contribution in [3.05, 3.63) is 41.5 Å². The third-order valence-corrected chi connectivity index (χ3v) is 6.13. The number of carbonyl (C=O) groups is 2. The summed E-state index contributed by atoms with van der Waals surface area (Å²) in [6.45, 7) is 8.76. The van der Waals surface area contributed by atoms with Gasteiger partial charge in [0.2, 0.25) is 5.79 Å². The van der Waals surface area contributed by atoms with E-state index < -0.39 is 33.8 Å². The van der Waals surface area contributed by atoms with Gasteiger partial charge in [-0.05, 0) is 58.4 Å². The second kappa shape index (κ2) is 7.57. The Hall–Kier alpha value is -2.06. The van der Waals surface area contributed by atoms with Crippen LogP contribution in [0.2, 0.25) is 0 Å². The summed E-state index contributed by atoms with van der Waals surface area (Å²) in [4.78, 5) is 36.7. The van der Waals surface area contributed by atoms with Crippen molar-refractivity contribution in [3.8, 4) is 5.75 Å². The van der Waals surface area contributed by atoms with E-state index in [1.165, 1.54) is 0 Å². The molecule has 7 nitrogen and oxygen atoms in total. The summed E-state index contributed by atoms with van der Waals surface area (Å²) in [5.74, 6) is -2.20. The molecule has 1 fully saturated rings. The van der Waals surface area contributed by atoms with Gasteiger partial charge in [-0.2, -0.15) is 4.89 Å². The van der Waals surface area contributed by atoms with E-state index in [1.54, 1.807) is 47.8 Å². The van der Waals surface area contributed by atoms with E-state index in [4.69, 9.17) is 19.2 Å². The predicted molar refractivity (Wildman–Crippen MR) is 108 cm³/mol. The summed E-state index contributed by atoms with van der Waals surface area (Å²) in [7, 11) is 1.61. The van der Waals surface area contributed by atoms with Crippen molar-refractivity contribution in [2.75, 3.05) is 13.7 Å². The Morgan fingerprint density at radius 2 is 1.63 bits per heavy atom. The summed E-state index contributed by atoms with van der Waals surface area (Å²) in [6, 6.07) is 7.57. The molecular weight excluding hydrogens is 388 g/mol. The zero-order valence-electron chi connectivity index (χ0n) is 18.4. The molecule has 1 aliphatic heterocycles. The minimum absolute atomic E-state index is 0.0565. The largest absolute Gasteiger partial charge is 0.497 e. The standard InChI is InChI=1S/C23H30O7/c1-20(2)18(24)17-13-22(5,29-30-23(17,26)21(3,4)19(20)25)11-12-28-14-15-7-9-16(27-6)10-8-15/h7-10,13,26H,11-12,14H2,1-6H3/t22-,23-/m1/s1. The number of rotatable bonds is 6. The van der Waals surface area contributed by atoms with Crippen molar-refractivity contribution in [1.29, 1.82) is 0 Å². The molecule has 0 bridgehead atoms. The summed E-state index contributed by atoms with van der Waals surface area (Å²) in [6.07, 6.45) is 1.97. The Kier molecular flexibility index (Phi) is 5.71. The van der Waals surface area contributed by atoms with Gasteiger partial charge in [0.1, 0.15) is 11.4 Å². The molecule has 1 heterocycles. The molecule has 1 aliphatic carbocycles. The number of ketones is 2. The van der Waals surface area contributed by atoms with Crippen LogP contribution in [-0.4, -0.2) is 41.8 Å². The van der Waals surface area contributed by atoms with Crippen LogP contribution in [0.4, 0.5) is 0 Å². The van der Waals surface area contributed by atoms with Crippen LogP contribution in [0.25, 0.3) is 0 Å². The van der Waals surface area contributed by atoms with Crippen molar-refractivity contribution in [3.63, 3.8) is 0 Å². The Morgan fingerprint density at radius 3 is 2.23 bits per heavy atom. The first-order valence-electron chi connectivity index (χ1n) is 10.0. The van der Waals surface area contributed by atoms with Crippen LogP contribution in [0.15, 0.2) is 35.9 Å². The summed E-state index contributed by atoms with van der Waals surface area (Å²) in [5.41, 5.74) is -2.53. The molecule has 0 aromatic heterocycles. The molecule has 1 aromatic rings. The van der Waals surface area contributed by atoms with Crippen molar-refractivity contribution < 1.29 is 33.9 Å². The number of benzene rings is 1. The lowest BCUT2D eigenvalue weighted by molar-refractivity contribution is -0.465. The number of fused-ring (bicyclic) bond motifs is 1. The molecule has 0 radical (unpaired) electrons. The van der Waals surface area contributed by atoms with E-state index in [0.29, 0.717) is 19.6 Å². The SMILES string of the molecule is COc1ccc(COCC[C@]2(C)C=C3C(=O)C(C)(C)C(=O)C(C)(C)[C@]3(O)OO2)cc1. The smallest absolute Gasteiger partial charge is 0.240 e. The van der Waals surface area contributed by atoms with E-state index in [0.717, 1.165) is 11.3 Å². The number of Topliss-reactive ketones (excluding diaryl/α,β-unsaturated/α-hetero) is 2. The molecule has 3 rings (SSSR count). The van der Waals surface area contributed by atoms with Crippen LogP contribution in [-0.2, 0) is 30.7 Å². The Morgan fingerprint density at radius 1 is 1.00 bits per heavy atom. The number of aliphatic hydroxyl groups is 1. The van der Waals surface area contributed by atoms with Gasteiger partial charge in [-0.15, -0.1) is 0 Å². The molecule has 0 unspecified atom stereocenters. The van der Waals surface area contributed by atoms with Crippen molar-refractivity contribution in [1.82, 2.24) is 0 Å². The lowest BCUT2D eigenvalue weighted by Crippen LogP contribution is -2.66. The first-order valence-corrected chi connectivity index (χ1v) is 10.0. The first kappa shape index (κ1) is 22.6. The maximum atomic E-state index is 13.0. The van der Waals surface area contributed by atoms with Gasteiger partial charge >= 0.3 is 0 Å². The number of carbonyl (C=O) groups excluding carboxylic acids is 2. The van der Waals surface area contributed by atoms with E-state index in [2.05, 4.69) is 0 Å². The molecule has 1 saturated carbocycles. The fourth-order valence-corrected chi connectivity index (χ4v) is 3.96. The molecule has 30 heavy (non-hydrogen) atoms. The van der Waals surface area contributed by atoms with Crippen LogP contribution in [0.3, 0.4) is 0 Å². The van der Waals surface area contributed by atoms with Crippen molar-refractivity contribution >= 4 is 11.6 Å². The first-order chi connectivity index (χ1) is 13.9. The van der Waals surface area contributed by atoms with Gasteiger partial charge in [-0.3, -0.25) is 9.59 Å². The quantitative estimate of drug-likeness (QED) is 0.431. The number of ether oxygens (including phenoxy) is 2. The monoisotopic (exact) mass is 418 g/mol. The van der Waals surface area contributed by atoms with Crippen molar-refractivity contribution in [2.24, 2.45) is 10.8 Å². The highest BCUT2D eigenvalue weighted by molar-refractivity contribution is 6.19. The lowest BCUT2D eigenvalue weighted by Gasteiger charge is -2.52.